The first-order chi connectivity index (χ1) is 14.4. The average Bonchev–Trinajstić information content (AvgIpc) is 3.06. The van der Waals surface area contributed by atoms with Gasteiger partial charge in [0.2, 0.25) is 0 Å². The number of rotatable bonds is 7. The number of benzene rings is 1. The third-order valence-electron chi connectivity index (χ3n) is 5.69. The minimum Gasteiger partial charge on any atom is -0.469 e. The highest BCUT2D eigenvalue weighted by Crippen LogP contribution is 2.18. The van der Waals surface area contributed by atoms with Crippen molar-refractivity contribution in [3.8, 4) is 0 Å². The molecule has 0 radical (unpaired) electrons. The molecule has 7 nitrogen and oxygen atoms in total. The summed E-state index contributed by atoms with van der Waals surface area (Å²) < 4.78 is 6.69. The standard InChI is InChI=1S/C23H29N3O4/c1-17-15-20(18(2)26(17)10-9-22(28)30-3)21(27)16-24-11-13-25(14-12-24)23(29)19-7-5-4-6-8-19/h4-8,15H,9-14,16H2,1-3H3. The van der Waals surface area contributed by atoms with Gasteiger partial charge in [0.15, 0.2) is 5.78 Å². The Hall–Kier alpha value is -2.93. The van der Waals surface area contributed by atoms with E-state index in [1.165, 1.54) is 7.11 Å². The first kappa shape index (κ1) is 21.8. The number of piperazine rings is 1. The van der Waals surface area contributed by atoms with Crippen LogP contribution in [-0.4, -0.2) is 71.9 Å². The van der Waals surface area contributed by atoms with E-state index in [1.807, 2.05) is 59.7 Å². The lowest BCUT2D eigenvalue weighted by molar-refractivity contribution is -0.140. The predicted molar refractivity (Wildman–Crippen MR) is 114 cm³/mol. The van der Waals surface area contributed by atoms with Gasteiger partial charge < -0.3 is 14.2 Å². The first-order valence-corrected chi connectivity index (χ1v) is 10.2. The quantitative estimate of drug-likeness (QED) is 0.516. The van der Waals surface area contributed by atoms with Gasteiger partial charge in [-0.15, -0.1) is 0 Å². The van der Waals surface area contributed by atoms with Crippen molar-refractivity contribution in [3.05, 3.63) is 58.9 Å². The molecule has 0 aliphatic carbocycles. The molecule has 0 bridgehead atoms. The minimum atomic E-state index is -0.265. The zero-order valence-electron chi connectivity index (χ0n) is 17.9. The Balaban J connectivity index is 1.56. The van der Waals surface area contributed by atoms with Gasteiger partial charge in [-0.2, -0.15) is 0 Å². The van der Waals surface area contributed by atoms with Crippen LogP contribution in [0.2, 0.25) is 0 Å². The number of nitrogens with zero attached hydrogens (tertiary/aromatic N) is 3. The number of hydrogen-bond donors (Lipinski definition) is 0. The Morgan fingerprint density at radius 2 is 1.67 bits per heavy atom. The molecule has 1 fully saturated rings. The van der Waals surface area contributed by atoms with Gasteiger partial charge in [-0.1, -0.05) is 18.2 Å². The zero-order valence-corrected chi connectivity index (χ0v) is 17.9. The molecule has 1 aromatic carbocycles. The maximum Gasteiger partial charge on any atom is 0.307 e. The summed E-state index contributed by atoms with van der Waals surface area (Å²) in [6.07, 6.45) is 0.276. The van der Waals surface area contributed by atoms with Gasteiger partial charge in [0, 0.05) is 55.2 Å². The second kappa shape index (κ2) is 9.71. The summed E-state index contributed by atoms with van der Waals surface area (Å²) in [6.45, 7) is 7.24. The zero-order chi connectivity index (χ0) is 21.7. The molecule has 0 spiro atoms. The molecule has 1 saturated heterocycles. The molecule has 0 atom stereocenters. The number of hydrogen-bond acceptors (Lipinski definition) is 5. The molecular formula is C23H29N3O4. The molecule has 3 rings (SSSR count). The summed E-state index contributed by atoms with van der Waals surface area (Å²) in [7, 11) is 1.37. The molecule has 1 amide bonds. The van der Waals surface area contributed by atoms with Crippen molar-refractivity contribution >= 4 is 17.7 Å². The van der Waals surface area contributed by atoms with Crippen molar-refractivity contribution in [3.63, 3.8) is 0 Å². The van der Waals surface area contributed by atoms with Crippen molar-refractivity contribution < 1.29 is 19.1 Å². The monoisotopic (exact) mass is 411 g/mol. The van der Waals surface area contributed by atoms with Crippen LogP contribution in [0.1, 0.15) is 38.5 Å². The number of aryl methyl sites for hydroxylation is 1. The second-order valence-electron chi connectivity index (χ2n) is 7.62. The molecule has 0 N–H and O–H groups in total. The van der Waals surface area contributed by atoms with E-state index in [0.29, 0.717) is 50.4 Å². The molecule has 7 heteroatoms. The Morgan fingerprint density at radius 1 is 1.00 bits per heavy atom. The van der Waals surface area contributed by atoms with Crippen LogP contribution in [0, 0.1) is 13.8 Å². The third-order valence-corrected chi connectivity index (χ3v) is 5.69. The lowest BCUT2D eigenvalue weighted by atomic mass is 10.1. The van der Waals surface area contributed by atoms with Crippen molar-refractivity contribution in [2.45, 2.75) is 26.8 Å². The number of ether oxygens (including phenoxy) is 1. The fourth-order valence-electron chi connectivity index (χ4n) is 3.89. The Bertz CT molecular complexity index is 912. The van der Waals surface area contributed by atoms with Gasteiger partial charge in [0.05, 0.1) is 20.1 Å². The molecule has 1 aromatic heterocycles. The molecule has 160 valence electrons. The average molecular weight is 412 g/mol. The molecule has 2 aromatic rings. The Kier molecular flexibility index (Phi) is 7.05. The normalized spacial score (nSPS) is 14.6. The summed E-state index contributed by atoms with van der Waals surface area (Å²) in [5, 5.41) is 0. The van der Waals surface area contributed by atoms with Gasteiger partial charge in [-0.05, 0) is 32.0 Å². The smallest absolute Gasteiger partial charge is 0.307 e. The highest BCUT2D eigenvalue weighted by molar-refractivity contribution is 5.99. The van der Waals surface area contributed by atoms with Crippen molar-refractivity contribution in [1.82, 2.24) is 14.4 Å². The van der Waals surface area contributed by atoms with E-state index in [4.69, 9.17) is 4.74 Å². The fraction of sp³-hybridized carbons (Fsp3) is 0.435. The van der Waals surface area contributed by atoms with E-state index in [2.05, 4.69) is 4.90 Å². The highest BCUT2D eigenvalue weighted by atomic mass is 16.5. The molecule has 1 aliphatic rings. The maximum absolute atomic E-state index is 12.9. The molecule has 0 unspecified atom stereocenters. The van der Waals surface area contributed by atoms with E-state index in [-0.39, 0.29) is 24.1 Å². The number of Topliss-reactive ketones (excluding diaryl/α,β-unsaturated/α-hetero) is 1. The van der Waals surface area contributed by atoms with Crippen LogP contribution in [0.15, 0.2) is 36.4 Å². The van der Waals surface area contributed by atoms with E-state index < -0.39 is 0 Å². The molecule has 1 aliphatic heterocycles. The van der Waals surface area contributed by atoms with Gasteiger partial charge >= 0.3 is 5.97 Å². The van der Waals surface area contributed by atoms with Crippen molar-refractivity contribution in [1.29, 1.82) is 0 Å². The topological polar surface area (TPSA) is 71.8 Å². The number of carbonyl (C=O) groups excluding carboxylic acids is 3. The maximum atomic E-state index is 12.9. The predicted octanol–water partition coefficient (Wildman–Crippen LogP) is 2.31. The fourth-order valence-corrected chi connectivity index (χ4v) is 3.89. The number of carbonyl (C=O) groups is 3. The number of aromatic nitrogens is 1. The van der Waals surface area contributed by atoms with Crippen LogP contribution in [0.4, 0.5) is 0 Å². The second-order valence-corrected chi connectivity index (χ2v) is 7.62. The first-order valence-electron chi connectivity index (χ1n) is 10.2. The molecule has 30 heavy (non-hydrogen) atoms. The van der Waals surface area contributed by atoms with Crippen LogP contribution < -0.4 is 0 Å². The van der Waals surface area contributed by atoms with Crippen molar-refractivity contribution in [2.24, 2.45) is 0 Å². The van der Waals surface area contributed by atoms with Crippen molar-refractivity contribution in [2.75, 3.05) is 39.8 Å². The number of amides is 1. The number of esters is 1. The summed E-state index contributed by atoms with van der Waals surface area (Å²) in [5.74, 6) is -0.163. The number of methoxy groups -OCH3 is 1. The minimum absolute atomic E-state index is 0.0377. The van der Waals surface area contributed by atoms with Gasteiger partial charge in [-0.25, -0.2) is 0 Å². The van der Waals surface area contributed by atoms with E-state index in [0.717, 1.165) is 11.4 Å². The van der Waals surface area contributed by atoms with Crippen LogP contribution in [0.3, 0.4) is 0 Å². The van der Waals surface area contributed by atoms with Crippen LogP contribution in [0.25, 0.3) is 0 Å². The van der Waals surface area contributed by atoms with Crippen LogP contribution in [0.5, 0.6) is 0 Å². The lowest BCUT2D eigenvalue weighted by Crippen LogP contribution is -2.49. The molecular weight excluding hydrogens is 382 g/mol. The SMILES string of the molecule is COC(=O)CCn1c(C)cc(C(=O)CN2CCN(C(=O)c3ccccc3)CC2)c1C. The molecule has 0 saturated carbocycles. The highest BCUT2D eigenvalue weighted by Gasteiger charge is 2.25. The molecule has 2 heterocycles. The summed E-state index contributed by atoms with van der Waals surface area (Å²) >= 11 is 0. The lowest BCUT2D eigenvalue weighted by Gasteiger charge is -2.34. The van der Waals surface area contributed by atoms with E-state index >= 15 is 0 Å². The number of ketones is 1. The van der Waals surface area contributed by atoms with Crippen LogP contribution in [-0.2, 0) is 16.1 Å². The van der Waals surface area contributed by atoms with E-state index in [9.17, 15) is 14.4 Å². The summed E-state index contributed by atoms with van der Waals surface area (Å²) in [6, 6.07) is 11.2. The largest absolute Gasteiger partial charge is 0.469 e. The summed E-state index contributed by atoms with van der Waals surface area (Å²) in [4.78, 5) is 40.9. The summed E-state index contributed by atoms with van der Waals surface area (Å²) in [5.41, 5.74) is 3.22. The Labute approximate surface area is 177 Å². The van der Waals surface area contributed by atoms with Crippen LogP contribution >= 0.6 is 0 Å². The Morgan fingerprint density at radius 3 is 2.30 bits per heavy atom. The third kappa shape index (κ3) is 4.97. The van der Waals surface area contributed by atoms with Gasteiger partial charge in [0.1, 0.15) is 0 Å². The van der Waals surface area contributed by atoms with Gasteiger partial charge in [0.25, 0.3) is 5.91 Å². The van der Waals surface area contributed by atoms with E-state index in [1.54, 1.807) is 0 Å². The van der Waals surface area contributed by atoms with Gasteiger partial charge in [-0.3, -0.25) is 19.3 Å².